The van der Waals surface area contributed by atoms with Gasteiger partial charge in [0.15, 0.2) is 0 Å². The number of aromatic nitrogens is 2. The summed E-state index contributed by atoms with van der Waals surface area (Å²) in [6.45, 7) is 3.48. The second-order valence-electron chi connectivity index (χ2n) is 4.94. The van der Waals surface area contributed by atoms with Gasteiger partial charge in [-0.15, -0.1) is 0 Å². The molecule has 2 rings (SSSR count). The highest BCUT2D eigenvalue weighted by atomic mass is 32.2. The van der Waals surface area contributed by atoms with Crippen LogP contribution in [0.3, 0.4) is 0 Å². The van der Waals surface area contributed by atoms with E-state index in [1.807, 2.05) is 0 Å². The third-order valence-corrected chi connectivity index (χ3v) is 4.73. The molecule has 1 aromatic carbocycles. The first-order valence-electron chi connectivity index (χ1n) is 6.47. The summed E-state index contributed by atoms with van der Waals surface area (Å²) in [6, 6.07) is 4.43. The average molecular weight is 324 g/mol. The second kappa shape index (κ2) is 5.85. The van der Waals surface area contributed by atoms with Crippen LogP contribution in [0.15, 0.2) is 35.4 Å². The van der Waals surface area contributed by atoms with E-state index < -0.39 is 21.0 Å². The van der Waals surface area contributed by atoms with E-state index in [4.69, 9.17) is 0 Å². The van der Waals surface area contributed by atoms with Gasteiger partial charge in [-0.25, -0.2) is 13.1 Å². The van der Waals surface area contributed by atoms with Gasteiger partial charge in [0.25, 0.3) is 5.69 Å². The van der Waals surface area contributed by atoms with Gasteiger partial charge in [0.2, 0.25) is 10.0 Å². The van der Waals surface area contributed by atoms with Crippen LogP contribution in [0.25, 0.3) is 0 Å². The van der Waals surface area contributed by atoms with E-state index in [9.17, 15) is 18.5 Å². The van der Waals surface area contributed by atoms with Crippen LogP contribution in [-0.4, -0.2) is 23.1 Å². The molecule has 0 aliphatic rings. The Morgan fingerprint density at radius 3 is 2.64 bits per heavy atom. The van der Waals surface area contributed by atoms with Crippen LogP contribution in [0.2, 0.25) is 0 Å². The molecule has 0 aliphatic heterocycles. The number of nitrogens with zero attached hydrogens (tertiary/aromatic N) is 3. The fourth-order valence-corrected chi connectivity index (χ4v) is 3.43. The standard InChI is InChI=1S/C13H16N4O4S/c1-9-13(8-16(3)14-9)10(2)15-22(20,21)12-6-4-5-11(7-12)17(18)19/h4-8,10,15H,1-3H3. The Morgan fingerprint density at radius 2 is 2.09 bits per heavy atom. The molecule has 9 heteroatoms. The molecule has 1 unspecified atom stereocenters. The van der Waals surface area contributed by atoms with E-state index >= 15 is 0 Å². The smallest absolute Gasteiger partial charge is 0.270 e. The van der Waals surface area contributed by atoms with Gasteiger partial charge in [-0.1, -0.05) is 6.07 Å². The molecule has 118 valence electrons. The Bertz CT molecular complexity index is 813. The fourth-order valence-electron chi connectivity index (χ4n) is 2.17. The fraction of sp³-hybridized carbons (Fsp3) is 0.308. The number of nitro benzene ring substituents is 1. The number of nitro groups is 1. The molecule has 0 saturated heterocycles. The molecule has 0 radical (unpaired) electrons. The molecular weight excluding hydrogens is 308 g/mol. The lowest BCUT2D eigenvalue weighted by atomic mass is 10.1. The monoisotopic (exact) mass is 324 g/mol. The predicted octanol–water partition coefficient (Wildman–Crippen LogP) is 1.68. The zero-order chi connectivity index (χ0) is 16.5. The van der Waals surface area contributed by atoms with Gasteiger partial charge in [0.05, 0.1) is 15.5 Å². The summed E-state index contributed by atoms with van der Waals surface area (Å²) in [5.41, 5.74) is 1.20. The van der Waals surface area contributed by atoms with Gasteiger partial charge in [0.1, 0.15) is 0 Å². The molecule has 1 aromatic heterocycles. The van der Waals surface area contributed by atoms with Crippen LogP contribution < -0.4 is 4.72 Å². The summed E-state index contributed by atoms with van der Waals surface area (Å²) >= 11 is 0. The van der Waals surface area contributed by atoms with Crippen molar-refractivity contribution in [2.75, 3.05) is 0 Å². The molecule has 1 N–H and O–H groups in total. The van der Waals surface area contributed by atoms with Gasteiger partial charge in [0, 0.05) is 37.0 Å². The quantitative estimate of drug-likeness (QED) is 0.665. The zero-order valence-corrected chi connectivity index (χ0v) is 13.2. The Labute approximate surface area is 128 Å². The first-order valence-corrected chi connectivity index (χ1v) is 7.96. The molecule has 1 atom stereocenters. The maximum atomic E-state index is 12.3. The topological polar surface area (TPSA) is 107 Å². The van der Waals surface area contributed by atoms with Crippen molar-refractivity contribution in [3.05, 3.63) is 51.8 Å². The van der Waals surface area contributed by atoms with E-state index in [-0.39, 0.29) is 10.6 Å². The molecule has 22 heavy (non-hydrogen) atoms. The number of hydrogen-bond acceptors (Lipinski definition) is 5. The highest BCUT2D eigenvalue weighted by molar-refractivity contribution is 7.89. The van der Waals surface area contributed by atoms with Crippen molar-refractivity contribution in [2.24, 2.45) is 7.05 Å². The minimum absolute atomic E-state index is 0.143. The maximum Gasteiger partial charge on any atom is 0.270 e. The molecule has 0 bridgehead atoms. The minimum Gasteiger partial charge on any atom is -0.275 e. The van der Waals surface area contributed by atoms with E-state index in [2.05, 4.69) is 9.82 Å². The summed E-state index contributed by atoms with van der Waals surface area (Å²) in [4.78, 5) is 9.98. The average Bonchev–Trinajstić information content (AvgIpc) is 2.77. The Hall–Kier alpha value is -2.26. The summed E-state index contributed by atoms with van der Waals surface area (Å²) in [6.07, 6.45) is 1.73. The van der Waals surface area contributed by atoms with Crippen LogP contribution in [0.5, 0.6) is 0 Å². The maximum absolute atomic E-state index is 12.3. The van der Waals surface area contributed by atoms with Crippen molar-refractivity contribution in [1.29, 1.82) is 0 Å². The lowest BCUT2D eigenvalue weighted by Gasteiger charge is -2.13. The lowest BCUT2D eigenvalue weighted by molar-refractivity contribution is -0.385. The molecule has 0 spiro atoms. The summed E-state index contributed by atoms with van der Waals surface area (Å²) in [5.74, 6) is 0. The Kier molecular flexibility index (Phi) is 4.29. The summed E-state index contributed by atoms with van der Waals surface area (Å²) < 4.78 is 28.8. The lowest BCUT2D eigenvalue weighted by Crippen LogP contribution is -2.27. The van der Waals surface area contributed by atoms with Crippen LogP contribution in [0.1, 0.15) is 24.2 Å². The van der Waals surface area contributed by atoms with Crippen LogP contribution in [0.4, 0.5) is 5.69 Å². The zero-order valence-electron chi connectivity index (χ0n) is 12.3. The number of rotatable bonds is 5. The molecule has 0 amide bonds. The van der Waals surface area contributed by atoms with Gasteiger partial charge in [-0.2, -0.15) is 5.10 Å². The van der Waals surface area contributed by atoms with Crippen molar-refractivity contribution in [3.63, 3.8) is 0 Å². The normalized spacial score (nSPS) is 13.0. The van der Waals surface area contributed by atoms with Crippen molar-refractivity contribution in [2.45, 2.75) is 24.8 Å². The minimum atomic E-state index is -3.86. The first kappa shape index (κ1) is 16.1. The number of nitrogens with one attached hydrogen (secondary N) is 1. The number of non-ortho nitro benzene ring substituents is 1. The van der Waals surface area contributed by atoms with Crippen LogP contribution in [0, 0.1) is 17.0 Å². The first-order chi connectivity index (χ1) is 10.2. The molecule has 2 aromatic rings. The third kappa shape index (κ3) is 3.31. The van der Waals surface area contributed by atoms with Crippen molar-refractivity contribution in [1.82, 2.24) is 14.5 Å². The van der Waals surface area contributed by atoms with Gasteiger partial charge >= 0.3 is 0 Å². The number of aryl methyl sites for hydroxylation is 2. The van der Waals surface area contributed by atoms with Gasteiger partial charge in [-0.3, -0.25) is 14.8 Å². The summed E-state index contributed by atoms with van der Waals surface area (Å²) in [5, 5.41) is 14.9. The van der Waals surface area contributed by atoms with Gasteiger partial charge < -0.3 is 0 Å². The van der Waals surface area contributed by atoms with E-state index in [1.54, 1.807) is 31.8 Å². The van der Waals surface area contributed by atoms with Crippen molar-refractivity contribution >= 4 is 15.7 Å². The molecule has 0 aliphatic carbocycles. The molecule has 8 nitrogen and oxygen atoms in total. The van der Waals surface area contributed by atoms with Gasteiger partial charge in [-0.05, 0) is 19.9 Å². The Balaban J connectivity index is 2.29. The largest absolute Gasteiger partial charge is 0.275 e. The number of hydrogen-bond donors (Lipinski definition) is 1. The van der Waals surface area contributed by atoms with Crippen molar-refractivity contribution in [3.8, 4) is 0 Å². The van der Waals surface area contributed by atoms with Crippen molar-refractivity contribution < 1.29 is 13.3 Å². The Morgan fingerprint density at radius 1 is 1.41 bits per heavy atom. The molecule has 1 heterocycles. The molecular formula is C13H16N4O4S. The third-order valence-electron chi connectivity index (χ3n) is 3.19. The highest BCUT2D eigenvalue weighted by Crippen LogP contribution is 2.21. The number of sulfonamides is 1. The number of benzene rings is 1. The second-order valence-corrected chi connectivity index (χ2v) is 6.65. The highest BCUT2D eigenvalue weighted by Gasteiger charge is 2.22. The van der Waals surface area contributed by atoms with Crippen LogP contribution >= 0.6 is 0 Å². The SMILES string of the molecule is Cc1nn(C)cc1C(C)NS(=O)(=O)c1cccc([N+](=O)[O-])c1. The van der Waals surface area contributed by atoms with E-state index in [1.165, 1.54) is 18.2 Å². The van der Waals surface area contributed by atoms with E-state index in [0.29, 0.717) is 0 Å². The van der Waals surface area contributed by atoms with Crippen LogP contribution in [-0.2, 0) is 17.1 Å². The molecule has 0 saturated carbocycles. The summed E-state index contributed by atoms with van der Waals surface area (Å²) in [7, 11) is -2.11. The van der Waals surface area contributed by atoms with E-state index in [0.717, 1.165) is 17.3 Å². The predicted molar refractivity (Wildman–Crippen MR) is 79.8 cm³/mol. The molecule has 0 fully saturated rings.